The molecule has 1 aromatic heterocycles. The molecule has 2 aromatic carbocycles. The van der Waals surface area contributed by atoms with E-state index < -0.39 is 5.91 Å². The van der Waals surface area contributed by atoms with Gasteiger partial charge in [0.15, 0.2) is 10.6 Å². The Kier molecular flexibility index (Phi) is 3.88. The van der Waals surface area contributed by atoms with Crippen molar-refractivity contribution in [2.45, 2.75) is 4.90 Å². The zero-order chi connectivity index (χ0) is 20.1. The number of carbonyl (C=O) groups excluding carboxylic acids is 1. The first-order valence-corrected chi connectivity index (χ1v) is 9.48. The number of benzene rings is 2. The lowest BCUT2D eigenvalue weighted by atomic mass is 10.1. The van der Waals surface area contributed by atoms with Crippen LogP contribution < -0.4 is 15.1 Å². The Hall–Kier alpha value is -3.65. The van der Waals surface area contributed by atoms with E-state index in [-0.39, 0.29) is 22.4 Å². The minimum absolute atomic E-state index is 0.0254. The topological polar surface area (TPSA) is 96.0 Å². The van der Waals surface area contributed by atoms with E-state index in [1.54, 1.807) is 23.1 Å². The standard InChI is InChI=1S/C21H13N3O4S/c1-27-12-6-7-16-13(9-12)18(25)11(10-28-16)8-14-19(22)24-15-4-2-3-5-17(15)29-21(24)23-20(14)26/h2-10,22H,1H3/b14-8+,22-19?. The van der Waals surface area contributed by atoms with Crippen molar-refractivity contribution in [1.29, 1.82) is 5.41 Å². The van der Waals surface area contributed by atoms with Crippen molar-refractivity contribution in [2.24, 2.45) is 4.99 Å². The van der Waals surface area contributed by atoms with E-state index in [1.807, 2.05) is 24.3 Å². The number of rotatable bonds is 2. The van der Waals surface area contributed by atoms with Gasteiger partial charge in [0.2, 0.25) is 0 Å². The van der Waals surface area contributed by atoms with Crippen LogP contribution in [-0.4, -0.2) is 24.0 Å². The van der Waals surface area contributed by atoms with Crippen LogP contribution in [0.1, 0.15) is 5.56 Å². The molecule has 142 valence electrons. The molecule has 0 spiro atoms. The molecule has 0 saturated carbocycles. The monoisotopic (exact) mass is 403 g/mol. The van der Waals surface area contributed by atoms with Crippen molar-refractivity contribution in [3.63, 3.8) is 0 Å². The number of ether oxygens (including phenoxy) is 1. The molecule has 3 aromatic rings. The maximum absolute atomic E-state index is 12.9. The number of para-hydroxylation sites is 1. The zero-order valence-electron chi connectivity index (χ0n) is 15.1. The van der Waals surface area contributed by atoms with Crippen LogP contribution in [0.3, 0.4) is 0 Å². The molecule has 0 fully saturated rings. The largest absolute Gasteiger partial charge is 0.497 e. The number of nitrogens with one attached hydrogen (secondary N) is 1. The summed E-state index contributed by atoms with van der Waals surface area (Å²) in [6, 6.07) is 12.5. The van der Waals surface area contributed by atoms with Gasteiger partial charge in [0.25, 0.3) is 5.91 Å². The van der Waals surface area contributed by atoms with Gasteiger partial charge in [0.05, 0.1) is 29.3 Å². The van der Waals surface area contributed by atoms with Crippen molar-refractivity contribution in [3.05, 3.63) is 70.1 Å². The number of thioether (sulfide) groups is 1. The van der Waals surface area contributed by atoms with Gasteiger partial charge >= 0.3 is 0 Å². The molecule has 3 heterocycles. The predicted molar refractivity (Wildman–Crippen MR) is 112 cm³/mol. The smallest absolute Gasteiger partial charge is 0.283 e. The highest BCUT2D eigenvalue weighted by Gasteiger charge is 2.37. The van der Waals surface area contributed by atoms with Crippen molar-refractivity contribution in [2.75, 3.05) is 12.0 Å². The van der Waals surface area contributed by atoms with Gasteiger partial charge in [0, 0.05) is 4.90 Å². The van der Waals surface area contributed by atoms with Crippen LogP contribution in [0.2, 0.25) is 0 Å². The van der Waals surface area contributed by atoms with Gasteiger partial charge in [-0.1, -0.05) is 12.1 Å². The number of fused-ring (bicyclic) bond motifs is 4. The summed E-state index contributed by atoms with van der Waals surface area (Å²) in [6.45, 7) is 0. The molecule has 7 nitrogen and oxygen atoms in total. The summed E-state index contributed by atoms with van der Waals surface area (Å²) in [5.74, 6) is -0.0645. The Morgan fingerprint density at radius 3 is 2.86 bits per heavy atom. The van der Waals surface area contributed by atoms with Crippen LogP contribution in [0.15, 0.2) is 73.4 Å². The minimum atomic E-state index is -0.563. The van der Waals surface area contributed by atoms with Crippen LogP contribution in [0.4, 0.5) is 5.69 Å². The normalized spacial score (nSPS) is 16.8. The molecular weight excluding hydrogens is 390 g/mol. The fraction of sp³-hybridized carbons (Fsp3) is 0.0476. The zero-order valence-corrected chi connectivity index (χ0v) is 15.9. The molecule has 0 radical (unpaired) electrons. The number of anilines is 1. The second kappa shape index (κ2) is 6.46. The third kappa shape index (κ3) is 2.68. The Labute approximate surface area is 168 Å². The molecule has 29 heavy (non-hydrogen) atoms. The lowest BCUT2D eigenvalue weighted by Crippen LogP contribution is -2.39. The van der Waals surface area contributed by atoms with Gasteiger partial charge in [-0.3, -0.25) is 19.9 Å². The molecule has 1 N–H and O–H groups in total. The van der Waals surface area contributed by atoms with E-state index in [9.17, 15) is 9.59 Å². The predicted octanol–water partition coefficient (Wildman–Crippen LogP) is 3.67. The highest BCUT2D eigenvalue weighted by atomic mass is 32.2. The number of nitrogens with zero attached hydrogens (tertiary/aromatic N) is 2. The highest BCUT2D eigenvalue weighted by molar-refractivity contribution is 8.15. The second-order valence-corrected chi connectivity index (χ2v) is 7.40. The summed E-state index contributed by atoms with van der Waals surface area (Å²) in [6.07, 6.45) is 2.65. The molecule has 2 aliphatic rings. The summed E-state index contributed by atoms with van der Waals surface area (Å²) in [5, 5.41) is 9.34. The van der Waals surface area contributed by atoms with Crippen LogP contribution in [-0.2, 0) is 4.79 Å². The molecule has 5 rings (SSSR count). The highest BCUT2D eigenvalue weighted by Crippen LogP contribution is 2.42. The van der Waals surface area contributed by atoms with Gasteiger partial charge in [-0.05, 0) is 48.2 Å². The van der Waals surface area contributed by atoms with E-state index in [0.717, 1.165) is 10.6 Å². The summed E-state index contributed by atoms with van der Waals surface area (Å²) in [4.78, 5) is 32.1. The third-order valence-corrected chi connectivity index (χ3v) is 5.73. The van der Waals surface area contributed by atoms with E-state index in [4.69, 9.17) is 14.6 Å². The Morgan fingerprint density at radius 1 is 1.21 bits per heavy atom. The fourth-order valence-corrected chi connectivity index (χ4v) is 4.29. The quantitative estimate of drug-likeness (QED) is 0.656. The number of hydrogen-bond donors (Lipinski definition) is 1. The van der Waals surface area contributed by atoms with Crippen LogP contribution in [0, 0.1) is 5.41 Å². The van der Waals surface area contributed by atoms with Crippen LogP contribution >= 0.6 is 11.8 Å². The minimum Gasteiger partial charge on any atom is -0.497 e. The molecule has 0 saturated heterocycles. The average molecular weight is 403 g/mol. The van der Waals surface area contributed by atoms with Crippen molar-refractivity contribution >= 4 is 51.4 Å². The maximum atomic E-state index is 12.9. The molecule has 8 heteroatoms. The first kappa shape index (κ1) is 17.4. The molecule has 0 unspecified atom stereocenters. The van der Waals surface area contributed by atoms with Gasteiger partial charge in [-0.2, -0.15) is 4.99 Å². The Bertz CT molecular complexity index is 1340. The van der Waals surface area contributed by atoms with E-state index in [2.05, 4.69) is 4.99 Å². The van der Waals surface area contributed by atoms with Crippen molar-refractivity contribution < 1.29 is 13.9 Å². The van der Waals surface area contributed by atoms with Crippen molar-refractivity contribution in [3.8, 4) is 5.75 Å². The lowest BCUT2D eigenvalue weighted by Gasteiger charge is -2.24. The Balaban J connectivity index is 1.63. The summed E-state index contributed by atoms with van der Waals surface area (Å²) >= 11 is 1.34. The number of amides is 1. The van der Waals surface area contributed by atoms with Gasteiger partial charge in [0.1, 0.15) is 23.4 Å². The van der Waals surface area contributed by atoms with Gasteiger partial charge in [-0.15, -0.1) is 0 Å². The molecule has 0 aliphatic carbocycles. The first-order chi connectivity index (χ1) is 14.1. The summed E-state index contributed by atoms with van der Waals surface area (Å²) in [7, 11) is 1.51. The number of methoxy groups -OCH3 is 1. The third-order valence-electron chi connectivity index (χ3n) is 4.71. The lowest BCUT2D eigenvalue weighted by molar-refractivity contribution is -0.113. The number of hydrogen-bond acceptors (Lipinski definition) is 6. The first-order valence-electron chi connectivity index (χ1n) is 8.67. The fourth-order valence-electron chi connectivity index (χ4n) is 3.27. The van der Waals surface area contributed by atoms with Crippen LogP contribution in [0.25, 0.3) is 17.0 Å². The van der Waals surface area contributed by atoms with Gasteiger partial charge < -0.3 is 9.15 Å². The molecule has 2 aliphatic heterocycles. The maximum Gasteiger partial charge on any atom is 0.283 e. The molecule has 0 bridgehead atoms. The van der Waals surface area contributed by atoms with E-state index in [0.29, 0.717) is 21.9 Å². The Morgan fingerprint density at radius 2 is 2.03 bits per heavy atom. The molecule has 1 amide bonds. The number of aliphatic imine (C=N–C) groups is 1. The summed E-state index contributed by atoms with van der Waals surface area (Å²) in [5.41, 5.74) is 1.07. The van der Waals surface area contributed by atoms with Gasteiger partial charge in [-0.25, -0.2) is 0 Å². The SMILES string of the molecule is COc1ccc2occ(/C=C3\C(=N)N4C(=NC3=O)Sc3ccccc34)c(=O)c2c1. The number of carbonyl (C=O) groups is 1. The van der Waals surface area contributed by atoms with E-state index in [1.165, 1.54) is 31.2 Å². The van der Waals surface area contributed by atoms with Crippen molar-refractivity contribution in [1.82, 2.24) is 0 Å². The summed E-state index contributed by atoms with van der Waals surface area (Å²) < 4.78 is 10.7. The van der Waals surface area contributed by atoms with Crippen LogP contribution in [0.5, 0.6) is 5.75 Å². The van der Waals surface area contributed by atoms with E-state index >= 15 is 0 Å². The average Bonchev–Trinajstić information content (AvgIpc) is 3.10. The second-order valence-electron chi connectivity index (χ2n) is 6.39. The molecular formula is C21H13N3O4S. The molecule has 0 atom stereocenters. The number of amidine groups is 2.